The quantitative estimate of drug-likeness (QED) is 0.762. The first kappa shape index (κ1) is 19.9. The number of nitrogens with zero attached hydrogens (tertiary/aromatic N) is 2. The van der Waals surface area contributed by atoms with Crippen molar-refractivity contribution in [1.82, 2.24) is 15.2 Å². The smallest absolute Gasteiger partial charge is 0.270 e. The van der Waals surface area contributed by atoms with E-state index in [9.17, 15) is 9.59 Å². The van der Waals surface area contributed by atoms with E-state index in [2.05, 4.69) is 10.3 Å². The molecule has 2 aromatic rings. The maximum Gasteiger partial charge on any atom is 0.270 e. The second-order valence-corrected chi connectivity index (χ2v) is 6.40. The minimum absolute atomic E-state index is 0.0729. The van der Waals surface area contributed by atoms with Crippen LogP contribution in [-0.2, 0) is 6.54 Å². The van der Waals surface area contributed by atoms with Crippen LogP contribution in [0.4, 0.5) is 0 Å². The molecule has 0 saturated carbocycles. The maximum absolute atomic E-state index is 12.7. The van der Waals surface area contributed by atoms with Crippen LogP contribution in [0.1, 0.15) is 53.1 Å². The van der Waals surface area contributed by atoms with Crippen LogP contribution in [0.2, 0.25) is 5.02 Å². The van der Waals surface area contributed by atoms with Crippen molar-refractivity contribution in [1.29, 1.82) is 0 Å². The fourth-order valence-electron chi connectivity index (χ4n) is 2.63. The highest BCUT2D eigenvalue weighted by molar-refractivity contribution is 6.31. The molecule has 2 amide bonds. The molecule has 2 rings (SSSR count). The summed E-state index contributed by atoms with van der Waals surface area (Å²) in [6.45, 7) is 5.77. The maximum atomic E-state index is 12.7. The standard InChI is InChI=1S/C20H24ClN3O2/c1-3-11-24(12-4-2)20(26)15-9-10-22-18(13-15)19(25)23-14-16-7-5-6-8-17(16)21/h5-10,13H,3-4,11-12,14H2,1-2H3,(H,23,25). The van der Waals surface area contributed by atoms with Gasteiger partial charge < -0.3 is 10.2 Å². The Morgan fingerprint density at radius 1 is 1.12 bits per heavy atom. The van der Waals surface area contributed by atoms with Crippen LogP contribution in [0.5, 0.6) is 0 Å². The summed E-state index contributed by atoms with van der Waals surface area (Å²) in [4.78, 5) is 31.0. The first-order valence-corrected chi connectivity index (χ1v) is 9.21. The third-order valence-corrected chi connectivity index (χ3v) is 4.28. The molecule has 0 aliphatic rings. The monoisotopic (exact) mass is 373 g/mol. The molecule has 26 heavy (non-hydrogen) atoms. The summed E-state index contributed by atoms with van der Waals surface area (Å²) in [5, 5.41) is 3.39. The number of nitrogens with one attached hydrogen (secondary N) is 1. The number of hydrogen-bond donors (Lipinski definition) is 1. The fourth-order valence-corrected chi connectivity index (χ4v) is 2.84. The minimum atomic E-state index is -0.336. The molecule has 0 atom stereocenters. The lowest BCUT2D eigenvalue weighted by atomic mass is 10.1. The number of rotatable bonds is 8. The lowest BCUT2D eigenvalue weighted by Gasteiger charge is -2.21. The number of hydrogen-bond acceptors (Lipinski definition) is 3. The summed E-state index contributed by atoms with van der Waals surface area (Å²) < 4.78 is 0. The molecule has 0 aliphatic carbocycles. The van der Waals surface area contributed by atoms with Crippen LogP contribution in [0.25, 0.3) is 0 Å². The van der Waals surface area contributed by atoms with Gasteiger partial charge in [-0.15, -0.1) is 0 Å². The molecule has 1 aromatic heterocycles. The van der Waals surface area contributed by atoms with Crippen molar-refractivity contribution in [2.75, 3.05) is 13.1 Å². The first-order chi connectivity index (χ1) is 12.6. The molecule has 6 heteroatoms. The normalized spacial score (nSPS) is 10.4. The molecule has 1 heterocycles. The van der Waals surface area contributed by atoms with Crippen LogP contribution in [0.3, 0.4) is 0 Å². The van der Waals surface area contributed by atoms with Crippen LogP contribution in [0, 0.1) is 0 Å². The molecule has 5 nitrogen and oxygen atoms in total. The van der Waals surface area contributed by atoms with Crippen LogP contribution in [0.15, 0.2) is 42.6 Å². The third kappa shape index (κ3) is 5.30. The van der Waals surface area contributed by atoms with E-state index in [1.54, 1.807) is 23.1 Å². The molecule has 0 spiro atoms. The largest absolute Gasteiger partial charge is 0.347 e. The van der Waals surface area contributed by atoms with Gasteiger partial charge in [-0.3, -0.25) is 14.6 Å². The van der Waals surface area contributed by atoms with Gasteiger partial charge >= 0.3 is 0 Å². The zero-order valence-electron chi connectivity index (χ0n) is 15.2. The lowest BCUT2D eigenvalue weighted by molar-refractivity contribution is 0.0755. The average Bonchev–Trinajstić information content (AvgIpc) is 2.66. The van der Waals surface area contributed by atoms with E-state index in [0.717, 1.165) is 18.4 Å². The average molecular weight is 374 g/mol. The van der Waals surface area contributed by atoms with Crippen LogP contribution >= 0.6 is 11.6 Å². The van der Waals surface area contributed by atoms with E-state index >= 15 is 0 Å². The molecule has 1 N–H and O–H groups in total. The minimum Gasteiger partial charge on any atom is -0.347 e. The number of carbonyl (C=O) groups excluding carboxylic acids is 2. The van der Waals surface area contributed by atoms with Crippen molar-refractivity contribution in [3.05, 3.63) is 64.4 Å². The predicted molar refractivity (Wildman–Crippen MR) is 103 cm³/mol. The highest BCUT2D eigenvalue weighted by Gasteiger charge is 2.17. The molecule has 0 unspecified atom stereocenters. The fraction of sp³-hybridized carbons (Fsp3) is 0.350. The van der Waals surface area contributed by atoms with Crippen molar-refractivity contribution in [2.24, 2.45) is 0 Å². The SMILES string of the molecule is CCCN(CCC)C(=O)c1ccnc(C(=O)NCc2ccccc2Cl)c1. The molecule has 0 aliphatic heterocycles. The number of pyridine rings is 1. The Labute approximate surface area is 159 Å². The molecule has 0 fully saturated rings. The summed E-state index contributed by atoms with van der Waals surface area (Å²) in [7, 11) is 0. The number of aromatic nitrogens is 1. The Bertz CT molecular complexity index is 758. The van der Waals surface area contributed by atoms with Gasteiger partial charge in [-0.25, -0.2) is 0 Å². The van der Waals surface area contributed by atoms with Gasteiger partial charge in [0.25, 0.3) is 11.8 Å². The summed E-state index contributed by atoms with van der Waals surface area (Å²) in [6.07, 6.45) is 3.28. The Kier molecular flexibility index (Phi) is 7.60. The number of amides is 2. The van der Waals surface area contributed by atoms with Gasteiger partial charge in [-0.2, -0.15) is 0 Å². The van der Waals surface area contributed by atoms with E-state index in [0.29, 0.717) is 30.2 Å². The zero-order valence-corrected chi connectivity index (χ0v) is 15.9. The van der Waals surface area contributed by atoms with Crippen molar-refractivity contribution >= 4 is 23.4 Å². The van der Waals surface area contributed by atoms with E-state index in [1.165, 1.54) is 6.20 Å². The molecule has 0 radical (unpaired) electrons. The Morgan fingerprint density at radius 3 is 2.46 bits per heavy atom. The predicted octanol–water partition coefficient (Wildman–Crippen LogP) is 3.93. The van der Waals surface area contributed by atoms with Gasteiger partial charge in [0.15, 0.2) is 0 Å². The van der Waals surface area contributed by atoms with E-state index in [4.69, 9.17) is 11.6 Å². The summed E-state index contributed by atoms with van der Waals surface area (Å²) in [5.74, 6) is -0.409. The van der Waals surface area contributed by atoms with Gasteiger partial charge in [0, 0.05) is 36.4 Å². The van der Waals surface area contributed by atoms with Gasteiger partial charge in [0.1, 0.15) is 5.69 Å². The molecular formula is C20H24ClN3O2. The van der Waals surface area contributed by atoms with Crippen LogP contribution < -0.4 is 5.32 Å². The number of halogens is 1. The number of carbonyl (C=O) groups is 2. The summed E-state index contributed by atoms with van der Waals surface area (Å²) in [5.41, 5.74) is 1.52. The van der Waals surface area contributed by atoms with Gasteiger partial charge in [0.2, 0.25) is 0 Å². The summed E-state index contributed by atoms with van der Waals surface area (Å²) >= 11 is 6.10. The second-order valence-electron chi connectivity index (χ2n) is 6.00. The van der Waals surface area contributed by atoms with Gasteiger partial charge in [0.05, 0.1) is 0 Å². The Morgan fingerprint density at radius 2 is 1.81 bits per heavy atom. The highest BCUT2D eigenvalue weighted by Crippen LogP contribution is 2.14. The molecule has 1 aromatic carbocycles. The first-order valence-electron chi connectivity index (χ1n) is 8.83. The lowest BCUT2D eigenvalue weighted by Crippen LogP contribution is -2.33. The summed E-state index contributed by atoms with van der Waals surface area (Å²) in [6, 6.07) is 10.5. The van der Waals surface area contributed by atoms with Gasteiger partial charge in [-0.05, 0) is 36.6 Å². The van der Waals surface area contributed by atoms with Crippen molar-refractivity contribution in [3.63, 3.8) is 0 Å². The highest BCUT2D eigenvalue weighted by atomic mass is 35.5. The van der Waals surface area contributed by atoms with E-state index in [-0.39, 0.29) is 17.5 Å². The van der Waals surface area contributed by atoms with E-state index in [1.807, 2.05) is 32.0 Å². The van der Waals surface area contributed by atoms with E-state index < -0.39 is 0 Å². The third-order valence-electron chi connectivity index (χ3n) is 3.91. The Hall–Kier alpha value is -2.40. The van der Waals surface area contributed by atoms with Gasteiger partial charge in [-0.1, -0.05) is 43.6 Å². The molecule has 0 saturated heterocycles. The van der Waals surface area contributed by atoms with Crippen molar-refractivity contribution in [3.8, 4) is 0 Å². The molecular weight excluding hydrogens is 350 g/mol. The Balaban J connectivity index is 2.08. The zero-order chi connectivity index (χ0) is 18.9. The van der Waals surface area contributed by atoms with Crippen molar-refractivity contribution in [2.45, 2.75) is 33.2 Å². The van der Waals surface area contributed by atoms with Crippen molar-refractivity contribution < 1.29 is 9.59 Å². The molecule has 138 valence electrons. The second kappa shape index (κ2) is 9.92. The van der Waals surface area contributed by atoms with Crippen LogP contribution in [-0.4, -0.2) is 34.8 Å². The topological polar surface area (TPSA) is 62.3 Å². The molecule has 0 bridgehead atoms. The number of benzene rings is 1.